The fourth-order valence-electron chi connectivity index (χ4n) is 5.31. The van der Waals surface area contributed by atoms with Crippen LogP contribution in [0.1, 0.15) is 55.2 Å². The highest BCUT2D eigenvalue weighted by molar-refractivity contribution is 8.26. The van der Waals surface area contributed by atoms with Gasteiger partial charge in [0.25, 0.3) is 5.91 Å². The van der Waals surface area contributed by atoms with Crippen molar-refractivity contribution in [2.75, 3.05) is 31.7 Å². The summed E-state index contributed by atoms with van der Waals surface area (Å²) < 4.78 is 34.0. The number of amides is 2. The first kappa shape index (κ1) is 30.0. The molecule has 1 fully saturated rings. The lowest BCUT2D eigenvalue weighted by Gasteiger charge is -2.56. The first-order valence-corrected chi connectivity index (χ1v) is 13.9. The monoisotopic (exact) mass is 591 g/mol. The van der Waals surface area contributed by atoms with Gasteiger partial charge in [0.2, 0.25) is 10.5 Å². The average Bonchev–Trinajstić information content (AvgIpc) is 2.90. The van der Waals surface area contributed by atoms with E-state index >= 15 is 0 Å². The molecule has 0 atom stereocenters. The Hall–Kier alpha value is -3.94. The number of benzene rings is 1. The van der Waals surface area contributed by atoms with Gasteiger partial charge in [-0.05, 0) is 44.2 Å². The molecule has 4 N–H and O–H groups in total. The van der Waals surface area contributed by atoms with Gasteiger partial charge >= 0.3 is 6.09 Å². The largest absolute Gasteiger partial charge is 0.502 e. The normalized spacial score (nSPS) is 16.3. The number of carbonyl (C=O) groups excluding carboxylic acids is 2. The van der Waals surface area contributed by atoms with Crippen molar-refractivity contribution in [3.63, 3.8) is 0 Å². The number of aromatic nitrogens is 1. The van der Waals surface area contributed by atoms with Crippen molar-refractivity contribution >= 4 is 33.8 Å². The van der Waals surface area contributed by atoms with Crippen LogP contribution in [0.15, 0.2) is 29.2 Å². The van der Waals surface area contributed by atoms with Gasteiger partial charge in [0.15, 0.2) is 11.4 Å². The van der Waals surface area contributed by atoms with E-state index in [1.807, 2.05) is 0 Å². The Balaban J connectivity index is 1.63. The van der Waals surface area contributed by atoms with Crippen molar-refractivity contribution in [2.24, 2.45) is 0 Å². The van der Waals surface area contributed by atoms with Gasteiger partial charge in [0.05, 0.1) is 18.1 Å². The number of nitrogens with one attached hydrogen (secondary N) is 1. The molecular weight excluding hydrogens is 558 g/mol. The van der Waals surface area contributed by atoms with Gasteiger partial charge in [-0.25, -0.2) is 13.6 Å². The molecule has 0 radical (unpaired) electrons. The van der Waals surface area contributed by atoms with E-state index in [0.717, 1.165) is 12.1 Å². The van der Waals surface area contributed by atoms with Gasteiger partial charge in [-0.2, -0.15) is 0 Å². The number of likely N-dealkylation sites (tertiary alicyclic amines) is 1. The summed E-state index contributed by atoms with van der Waals surface area (Å²) in [7, 11) is 1.71. The Bertz CT molecular complexity index is 1470. The Morgan fingerprint density at radius 2 is 1.90 bits per heavy atom. The maximum absolute atomic E-state index is 14.1. The molecule has 2 aliphatic heterocycles. The summed E-state index contributed by atoms with van der Waals surface area (Å²) >= 11 is 0.697. The molecule has 14 heteroatoms. The topological polar surface area (TPSA) is 145 Å². The molecule has 0 saturated carbocycles. The van der Waals surface area contributed by atoms with Gasteiger partial charge in [-0.3, -0.25) is 30.1 Å². The number of thioether (sulfide) groups is 1. The van der Waals surface area contributed by atoms with E-state index in [-0.39, 0.29) is 46.0 Å². The Kier molecular flexibility index (Phi) is 8.43. The number of fused-ring (bicyclic) bond motifs is 1. The third kappa shape index (κ3) is 5.52. The summed E-state index contributed by atoms with van der Waals surface area (Å²) in [5, 5.41) is 26.9. The molecule has 2 amide bonds. The number of halogens is 2. The zero-order valence-electron chi connectivity index (χ0n) is 23.2. The second kappa shape index (κ2) is 11.5. The number of carbonyl (C=O) groups is 2. The first-order chi connectivity index (χ1) is 19.3. The van der Waals surface area contributed by atoms with Crippen molar-refractivity contribution in [3.05, 3.63) is 63.1 Å². The van der Waals surface area contributed by atoms with Gasteiger partial charge in [0, 0.05) is 51.8 Å². The summed E-state index contributed by atoms with van der Waals surface area (Å²) in [6.45, 7) is 6.23. The Labute approximate surface area is 239 Å². The van der Waals surface area contributed by atoms with Crippen molar-refractivity contribution < 1.29 is 33.6 Å². The fraction of sp³-hybridized carbons (Fsp3) is 0.444. The zero-order chi connectivity index (χ0) is 30.2. The summed E-state index contributed by atoms with van der Waals surface area (Å²) in [4.78, 5) is 42.4. The van der Waals surface area contributed by atoms with Crippen LogP contribution in [0.4, 0.5) is 13.6 Å². The molecule has 11 nitrogen and oxygen atoms in total. The minimum Gasteiger partial charge on any atom is -0.502 e. The lowest BCUT2D eigenvalue weighted by atomic mass is 9.92. The second-order valence-corrected chi connectivity index (χ2v) is 11.3. The van der Waals surface area contributed by atoms with Crippen LogP contribution in [-0.4, -0.2) is 80.1 Å². The summed E-state index contributed by atoms with van der Waals surface area (Å²) in [5.74, 6) is -2.89. The van der Waals surface area contributed by atoms with Gasteiger partial charge in [-0.1, -0.05) is 6.07 Å². The SMILES string of the molecule is CCN1C(=O)c2c(O)c(=O)c(C(=N)SC(=[NH2+])Cc3ccc(F)cc3F)cn2N(C)C12CCN(C(=O)OC(C)C)CC2. The van der Waals surface area contributed by atoms with Crippen LogP contribution in [0, 0.1) is 17.0 Å². The molecule has 41 heavy (non-hydrogen) atoms. The Morgan fingerprint density at radius 1 is 1.24 bits per heavy atom. The van der Waals surface area contributed by atoms with Crippen LogP contribution in [0.2, 0.25) is 0 Å². The van der Waals surface area contributed by atoms with Crippen LogP contribution in [0.5, 0.6) is 5.75 Å². The van der Waals surface area contributed by atoms with Gasteiger partial charge in [-0.15, -0.1) is 0 Å². The number of hydrogen-bond acceptors (Lipinski definition) is 8. The summed E-state index contributed by atoms with van der Waals surface area (Å²) in [5.41, 5.74) is -2.14. The molecule has 0 bridgehead atoms. The number of aromatic hydroxyl groups is 1. The fourth-order valence-corrected chi connectivity index (χ4v) is 6.05. The van der Waals surface area contributed by atoms with E-state index in [9.17, 15) is 28.3 Å². The lowest BCUT2D eigenvalue weighted by molar-refractivity contribution is -0.110. The average molecular weight is 592 g/mol. The van der Waals surface area contributed by atoms with E-state index in [1.165, 1.54) is 16.9 Å². The molecule has 1 aromatic heterocycles. The van der Waals surface area contributed by atoms with Gasteiger partial charge < -0.3 is 19.6 Å². The lowest BCUT2D eigenvalue weighted by Crippen LogP contribution is -2.72. The van der Waals surface area contributed by atoms with Crippen molar-refractivity contribution in [1.29, 1.82) is 5.41 Å². The second-order valence-electron chi connectivity index (χ2n) is 10.2. The molecule has 0 aliphatic carbocycles. The highest BCUT2D eigenvalue weighted by Gasteiger charge is 2.51. The molecule has 2 aromatic rings. The van der Waals surface area contributed by atoms with Crippen LogP contribution in [0.25, 0.3) is 0 Å². The van der Waals surface area contributed by atoms with E-state index in [4.69, 9.17) is 15.6 Å². The predicted molar refractivity (Wildman–Crippen MR) is 150 cm³/mol. The standard InChI is InChI=1S/C27H32F2N6O5S/c1-5-34-25(38)21-23(37)22(36)18(24(31)41-20(30)12-16-6-7-17(28)13-19(16)29)14-35(21)32(4)27(34)8-10-33(11-9-27)26(39)40-15(2)3/h6-7,13-15,30-31,37H,5,8-12H2,1-4H3/p+1. The first-order valence-electron chi connectivity index (χ1n) is 13.1. The maximum atomic E-state index is 14.1. The van der Waals surface area contributed by atoms with Crippen LogP contribution < -0.4 is 15.8 Å². The third-order valence-electron chi connectivity index (χ3n) is 7.37. The minimum atomic E-state index is -0.922. The summed E-state index contributed by atoms with van der Waals surface area (Å²) in [6, 6.07) is 3.07. The highest BCUT2D eigenvalue weighted by Crippen LogP contribution is 2.37. The number of rotatable bonds is 5. The molecule has 3 heterocycles. The molecule has 220 valence electrons. The molecule has 0 unspecified atom stereocenters. The Morgan fingerprint density at radius 3 is 2.49 bits per heavy atom. The number of nitrogens with zero attached hydrogens (tertiary/aromatic N) is 4. The van der Waals surface area contributed by atoms with E-state index in [1.54, 1.807) is 42.6 Å². The van der Waals surface area contributed by atoms with E-state index in [2.05, 4.69) is 0 Å². The quantitative estimate of drug-likeness (QED) is 0.354. The van der Waals surface area contributed by atoms with Crippen LogP contribution >= 0.6 is 11.8 Å². The number of nitrogens with two attached hydrogens (primary N) is 1. The molecule has 4 rings (SSSR count). The third-order valence-corrected chi connectivity index (χ3v) is 8.20. The zero-order valence-corrected chi connectivity index (χ0v) is 24.1. The molecular formula is C27H33F2N6O5S+. The van der Waals surface area contributed by atoms with Gasteiger partial charge in [0.1, 0.15) is 22.3 Å². The summed E-state index contributed by atoms with van der Waals surface area (Å²) in [6.07, 6.45) is 1.21. The van der Waals surface area contributed by atoms with E-state index < -0.39 is 40.5 Å². The smallest absolute Gasteiger partial charge is 0.410 e. The number of hydrogen-bond donors (Lipinski definition) is 3. The number of piperidine rings is 1. The van der Waals surface area contributed by atoms with Crippen LogP contribution in [0.3, 0.4) is 0 Å². The number of pyridine rings is 1. The van der Waals surface area contributed by atoms with Crippen molar-refractivity contribution in [3.8, 4) is 5.75 Å². The molecule has 2 aliphatic rings. The van der Waals surface area contributed by atoms with E-state index in [0.29, 0.717) is 37.7 Å². The maximum Gasteiger partial charge on any atom is 0.410 e. The molecule has 1 spiro atoms. The number of ether oxygens (including phenoxy) is 1. The molecule has 1 saturated heterocycles. The van der Waals surface area contributed by atoms with Crippen molar-refractivity contribution in [2.45, 2.75) is 51.8 Å². The molecule has 1 aromatic carbocycles. The predicted octanol–water partition coefficient (Wildman–Crippen LogP) is 1.67. The van der Waals surface area contributed by atoms with Crippen molar-refractivity contribution in [1.82, 2.24) is 14.5 Å². The minimum absolute atomic E-state index is 0.0702. The van der Waals surface area contributed by atoms with Crippen LogP contribution in [-0.2, 0) is 11.2 Å². The highest BCUT2D eigenvalue weighted by atomic mass is 32.2.